The Morgan fingerprint density at radius 1 is 0.775 bits per heavy atom. The third-order valence-electron chi connectivity index (χ3n) is 7.08. The van der Waals surface area contributed by atoms with Gasteiger partial charge in [0.25, 0.3) is 10.1 Å². The lowest BCUT2D eigenvalue weighted by Gasteiger charge is -2.37. The van der Waals surface area contributed by atoms with E-state index in [0.717, 1.165) is 22.3 Å². The number of hydrogen-bond acceptors (Lipinski definition) is 7. The Morgan fingerprint density at radius 3 is 1.70 bits per heavy atom. The molecular formula is C32H32O7S. The van der Waals surface area contributed by atoms with Crippen molar-refractivity contribution in [3.05, 3.63) is 138 Å². The highest BCUT2D eigenvalue weighted by atomic mass is 32.2. The first-order valence-corrected chi connectivity index (χ1v) is 14.4. The normalized spacial score (nSPS) is 21.4. The van der Waals surface area contributed by atoms with Crippen LogP contribution in [-0.2, 0) is 34.1 Å². The largest absolute Gasteiger partial charge is 0.385 e. The predicted molar refractivity (Wildman–Crippen MR) is 150 cm³/mol. The SMILES string of the molecule is CO[C@@H]1O[C@H](COC(c2ccccc2)(c2ccccc2)c2ccccc2)[C@@H](OS(=O)(=O)c2ccc(C)cc2)[C@H]1O. The zero-order valence-corrected chi connectivity index (χ0v) is 23.1. The van der Waals surface area contributed by atoms with Crippen LogP contribution in [0.4, 0.5) is 0 Å². The molecule has 4 aromatic rings. The van der Waals surface area contributed by atoms with Crippen LogP contribution in [0.15, 0.2) is 120 Å². The van der Waals surface area contributed by atoms with E-state index in [1.54, 1.807) is 12.1 Å². The molecule has 8 heteroatoms. The van der Waals surface area contributed by atoms with Gasteiger partial charge in [0, 0.05) is 7.11 Å². The van der Waals surface area contributed by atoms with Crippen LogP contribution < -0.4 is 0 Å². The van der Waals surface area contributed by atoms with Crippen molar-refractivity contribution in [2.24, 2.45) is 0 Å². The quantitative estimate of drug-likeness (QED) is 0.220. The summed E-state index contributed by atoms with van der Waals surface area (Å²) in [5.74, 6) is 0. The van der Waals surface area contributed by atoms with Gasteiger partial charge in [-0.05, 0) is 35.7 Å². The summed E-state index contributed by atoms with van der Waals surface area (Å²) in [4.78, 5) is -0.0157. The molecule has 0 aromatic heterocycles. The first-order valence-electron chi connectivity index (χ1n) is 13.0. The van der Waals surface area contributed by atoms with Crippen LogP contribution in [0.25, 0.3) is 0 Å². The molecule has 4 atom stereocenters. The number of methoxy groups -OCH3 is 1. The third kappa shape index (κ3) is 5.60. The molecule has 0 bridgehead atoms. The van der Waals surface area contributed by atoms with Crippen molar-refractivity contribution in [3.8, 4) is 0 Å². The maximum absolute atomic E-state index is 13.2. The van der Waals surface area contributed by atoms with Gasteiger partial charge in [-0.2, -0.15) is 8.42 Å². The molecule has 7 nitrogen and oxygen atoms in total. The molecule has 5 rings (SSSR count). The molecule has 208 valence electrons. The molecule has 0 aliphatic carbocycles. The zero-order valence-electron chi connectivity index (χ0n) is 22.3. The highest BCUT2D eigenvalue weighted by Gasteiger charge is 2.49. The number of aliphatic hydroxyl groups excluding tert-OH is 1. The van der Waals surface area contributed by atoms with E-state index in [1.807, 2.05) is 97.9 Å². The molecule has 1 aliphatic rings. The van der Waals surface area contributed by atoms with Crippen LogP contribution in [0.2, 0.25) is 0 Å². The van der Waals surface area contributed by atoms with Gasteiger partial charge in [-0.25, -0.2) is 0 Å². The van der Waals surface area contributed by atoms with Crippen molar-refractivity contribution in [1.82, 2.24) is 0 Å². The highest BCUT2D eigenvalue weighted by Crippen LogP contribution is 2.41. The van der Waals surface area contributed by atoms with E-state index in [9.17, 15) is 13.5 Å². The lowest BCUT2D eigenvalue weighted by atomic mass is 9.80. The lowest BCUT2D eigenvalue weighted by molar-refractivity contribution is -0.162. The van der Waals surface area contributed by atoms with E-state index in [-0.39, 0.29) is 11.5 Å². The Hall–Kier alpha value is -3.37. The zero-order chi connectivity index (χ0) is 28.2. The Balaban J connectivity index is 1.52. The van der Waals surface area contributed by atoms with Crippen LogP contribution in [0, 0.1) is 6.92 Å². The molecule has 0 spiro atoms. The molecule has 0 saturated carbocycles. The molecule has 1 aliphatic heterocycles. The summed E-state index contributed by atoms with van der Waals surface area (Å²) >= 11 is 0. The van der Waals surface area contributed by atoms with Crippen molar-refractivity contribution >= 4 is 10.1 Å². The van der Waals surface area contributed by atoms with Gasteiger partial charge in [0.15, 0.2) is 6.29 Å². The monoisotopic (exact) mass is 560 g/mol. The molecule has 1 fully saturated rings. The Kier molecular flexibility index (Phi) is 8.46. The van der Waals surface area contributed by atoms with E-state index in [0.29, 0.717) is 0 Å². The Bertz CT molecular complexity index is 1380. The van der Waals surface area contributed by atoms with Gasteiger partial charge in [-0.15, -0.1) is 0 Å². The molecule has 1 heterocycles. The first-order chi connectivity index (χ1) is 19.3. The molecule has 0 radical (unpaired) electrons. The maximum atomic E-state index is 13.2. The van der Waals surface area contributed by atoms with Crippen molar-refractivity contribution in [3.63, 3.8) is 0 Å². The minimum Gasteiger partial charge on any atom is -0.385 e. The molecule has 1 saturated heterocycles. The van der Waals surface area contributed by atoms with E-state index >= 15 is 0 Å². The number of hydrogen-bond donors (Lipinski definition) is 1. The van der Waals surface area contributed by atoms with Crippen LogP contribution in [-0.4, -0.2) is 51.8 Å². The standard InChI is InChI=1S/C32H32O7S/c1-23-18-20-27(21-19-23)40(34,35)39-30-28(38-31(36-2)29(30)33)22-37-32(24-12-6-3-7-13-24,25-14-8-4-9-15-25)26-16-10-5-11-17-26/h3-21,28-31,33H,22H2,1-2H3/t28-,29-,30-,31-/m1/s1. The average Bonchev–Trinajstić information content (AvgIpc) is 3.28. The van der Waals surface area contributed by atoms with Crippen LogP contribution in [0.3, 0.4) is 0 Å². The fourth-order valence-electron chi connectivity index (χ4n) is 5.04. The second-order valence-electron chi connectivity index (χ2n) is 9.69. The smallest absolute Gasteiger partial charge is 0.297 e. The molecule has 1 N–H and O–H groups in total. The van der Waals surface area contributed by atoms with Crippen molar-refractivity contribution < 1.29 is 31.9 Å². The number of aryl methyl sites for hydroxylation is 1. The van der Waals surface area contributed by atoms with E-state index in [4.69, 9.17) is 18.4 Å². The van der Waals surface area contributed by atoms with Crippen molar-refractivity contribution in [2.75, 3.05) is 13.7 Å². The topological polar surface area (TPSA) is 91.3 Å². The Morgan fingerprint density at radius 2 is 1.25 bits per heavy atom. The minimum absolute atomic E-state index is 0.0157. The van der Waals surface area contributed by atoms with E-state index in [2.05, 4.69) is 0 Å². The van der Waals surface area contributed by atoms with Gasteiger partial charge in [-0.3, -0.25) is 4.18 Å². The number of rotatable bonds is 10. The summed E-state index contributed by atoms with van der Waals surface area (Å²) < 4.78 is 50.0. The highest BCUT2D eigenvalue weighted by molar-refractivity contribution is 7.86. The Labute approximate surface area is 235 Å². The summed E-state index contributed by atoms with van der Waals surface area (Å²) in [6.45, 7) is 1.75. The fraction of sp³-hybridized carbons (Fsp3) is 0.250. The minimum atomic E-state index is -4.22. The molecule has 0 amide bonds. The van der Waals surface area contributed by atoms with Gasteiger partial charge in [0.05, 0.1) is 11.5 Å². The lowest BCUT2D eigenvalue weighted by Crippen LogP contribution is -2.42. The van der Waals surface area contributed by atoms with Gasteiger partial charge in [-0.1, -0.05) is 109 Å². The van der Waals surface area contributed by atoms with Crippen molar-refractivity contribution in [2.45, 2.75) is 42.0 Å². The second-order valence-corrected chi connectivity index (χ2v) is 11.3. The van der Waals surface area contributed by atoms with E-state index in [1.165, 1.54) is 19.2 Å². The first kappa shape index (κ1) is 28.2. The average molecular weight is 561 g/mol. The summed E-state index contributed by atoms with van der Waals surface area (Å²) in [5.41, 5.74) is 2.47. The van der Waals surface area contributed by atoms with Gasteiger partial charge < -0.3 is 19.3 Å². The predicted octanol–water partition coefficient (Wildman–Crippen LogP) is 4.81. The third-order valence-corrected chi connectivity index (χ3v) is 8.40. The summed E-state index contributed by atoms with van der Waals surface area (Å²) in [5, 5.41) is 11.0. The molecule has 0 unspecified atom stereocenters. The van der Waals surface area contributed by atoms with Crippen LogP contribution >= 0.6 is 0 Å². The second kappa shape index (κ2) is 12.0. The van der Waals surface area contributed by atoms with E-state index < -0.39 is 40.3 Å². The van der Waals surface area contributed by atoms with Gasteiger partial charge >= 0.3 is 0 Å². The maximum Gasteiger partial charge on any atom is 0.297 e. The van der Waals surface area contributed by atoms with Crippen molar-refractivity contribution in [1.29, 1.82) is 0 Å². The van der Waals surface area contributed by atoms with Gasteiger partial charge in [0.2, 0.25) is 0 Å². The fourth-order valence-corrected chi connectivity index (χ4v) is 6.15. The molecule has 40 heavy (non-hydrogen) atoms. The van der Waals surface area contributed by atoms with Crippen LogP contribution in [0.1, 0.15) is 22.3 Å². The summed E-state index contributed by atoms with van der Waals surface area (Å²) in [7, 11) is -2.84. The number of ether oxygens (including phenoxy) is 3. The summed E-state index contributed by atoms with van der Waals surface area (Å²) in [6, 6.07) is 35.7. The summed E-state index contributed by atoms with van der Waals surface area (Å²) in [6.07, 6.45) is -4.68. The van der Waals surface area contributed by atoms with Crippen LogP contribution in [0.5, 0.6) is 0 Å². The number of benzene rings is 4. The number of aliphatic hydroxyl groups is 1. The molecule has 4 aromatic carbocycles. The van der Waals surface area contributed by atoms with Gasteiger partial charge in [0.1, 0.15) is 23.9 Å². The molecular weight excluding hydrogens is 528 g/mol.